The maximum Gasteiger partial charge on any atom is 0.416 e. The van der Waals surface area contributed by atoms with E-state index in [9.17, 15) is 21.6 Å². The van der Waals surface area contributed by atoms with Crippen molar-refractivity contribution in [2.45, 2.75) is 24.9 Å². The van der Waals surface area contributed by atoms with Crippen LogP contribution in [-0.2, 0) is 20.9 Å². The predicted octanol–water partition coefficient (Wildman–Crippen LogP) is 4.15. The molecule has 0 atom stereocenters. The second kappa shape index (κ2) is 8.18. The first-order valence-corrected chi connectivity index (χ1v) is 9.46. The first-order chi connectivity index (χ1) is 12.5. The second-order valence-corrected chi connectivity index (χ2v) is 7.58. The van der Waals surface area contributed by atoms with E-state index in [1.165, 1.54) is 19.2 Å². The molecular weight excluding hydrogens is 383 g/mol. The molecule has 5 nitrogen and oxygen atoms in total. The molecule has 148 valence electrons. The fourth-order valence-corrected chi connectivity index (χ4v) is 3.38. The summed E-state index contributed by atoms with van der Waals surface area (Å²) in [7, 11) is -2.65. The molecule has 2 aromatic rings. The Kier molecular flexibility index (Phi) is 6.38. The van der Waals surface area contributed by atoms with E-state index in [1.54, 1.807) is 13.0 Å². The number of aryl methyl sites for hydroxylation is 2. The molecule has 0 aromatic heterocycles. The van der Waals surface area contributed by atoms with Crippen molar-refractivity contribution < 1.29 is 31.1 Å². The van der Waals surface area contributed by atoms with Gasteiger partial charge in [-0.1, -0.05) is 6.07 Å². The maximum atomic E-state index is 13.0. The van der Waals surface area contributed by atoms with Gasteiger partial charge in [0.15, 0.2) is 0 Å². The van der Waals surface area contributed by atoms with E-state index in [0.717, 1.165) is 23.3 Å². The highest BCUT2D eigenvalue weighted by Gasteiger charge is 2.32. The fraction of sp³-hybridized carbons (Fsp3) is 0.333. The van der Waals surface area contributed by atoms with E-state index in [1.807, 2.05) is 6.92 Å². The van der Waals surface area contributed by atoms with Crippen LogP contribution in [0.25, 0.3) is 0 Å². The highest BCUT2D eigenvalue weighted by atomic mass is 32.2. The third-order valence-corrected chi connectivity index (χ3v) is 5.25. The molecule has 0 heterocycles. The number of methoxy groups -OCH3 is 1. The molecule has 0 radical (unpaired) electrons. The number of rotatable bonds is 7. The summed E-state index contributed by atoms with van der Waals surface area (Å²) in [6.07, 6.45) is -4.62. The van der Waals surface area contributed by atoms with Gasteiger partial charge in [0.25, 0.3) is 10.0 Å². The Bertz CT molecular complexity index is 911. The minimum absolute atomic E-state index is 0.0209. The third kappa shape index (κ3) is 5.36. The highest BCUT2D eigenvalue weighted by molar-refractivity contribution is 7.92. The van der Waals surface area contributed by atoms with E-state index >= 15 is 0 Å². The Morgan fingerprint density at radius 2 is 1.70 bits per heavy atom. The number of halogens is 3. The predicted molar refractivity (Wildman–Crippen MR) is 95.5 cm³/mol. The van der Waals surface area contributed by atoms with E-state index < -0.39 is 21.8 Å². The standard InChI is InChI=1S/C18H20F3NO4S/c1-12-4-6-15(10-13(12)2)27(23,24)22-16-11-14(18(19,20)21)5-7-17(16)26-9-8-25-3/h4-7,10-11,22H,8-9H2,1-3H3. The van der Waals surface area contributed by atoms with Crippen molar-refractivity contribution in [3.63, 3.8) is 0 Å². The molecule has 2 rings (SSSR count). The molecule has 0 unspecified atom stereocenters. The average Bonchev–Trinajstić information content (AvgIpc) is 2.57. The summed E-state index contributed by atoms with van der Waals surface area (Å²) in [5.74, 6) is -0.0209. The minimum atomic E-state index is -4.62. The lowest BCUT2D eigenvalue weighted by Gasteiger charge is -2.16. The van der Waals surface area contributed by atoms with Crippen LogP contribution in [0.1, 0.15) is 16.7 Å². The quantitative estimate of drug-likeness (QED) is 0.706. The van der Waals surface area contributed by atoms with Crippen molar-refractivity contribution in [1.82, 2.24) is 0 Å². The van der Waals surface area contributed by atoms with Crippen LogP contribution in [0.3, 0.4) is 0 Å². The molecule has 0 saturated heterocycles. The molecule has 0 saturated carbocycles. The largest absolute Gasteiger partial charge is 0.489 e. The molecule has 27 heavy (non-hydrogen) atoms. The molecule has 1 N–H and O–H groups in total. The van der Waals surface area contributed by atoms with Crippen molar-refractivity contribution in [1.29, 1.82) is 0 Å². The van der Waals surface area contributed by atoms with Crippen LogP contribution in [-0.4, -0.2) is 28.7 Å². The van der Waals surface area contributed by atoms with E-state index in [4.69, 9.17) is 9.47 Å². The maximum absolute atomic E-state index is 13.0. The molecule has 0 aliphatic heterocycles. The average molecular weight is 403 g/mol. The molecule has 0 bridgehead atoms. The van der Waals surface area contributed by atoms with Crippen LogP contribution in [0, 0.1) is 13.8 Å². The van der Waals surface area contributed by atoms with Crippen LogP contribution in [0.2, 0.25) is 0 Å². The summed E-state index contributed by atoms with van der Waals surface area (Å²) in [6.45, 7) is 3.83. The van der Waals surface area contributed by atoms with Gasteiger partial charge >= 0.3 is 6.18 Å². The summed E-state index contributed by atoms with van der Waals surface area (Å²) < 4.78 is 76.7. The first-order valence-electron chi connectivity index (χ1n) is 7.97. The van der Waals surface area contributed by atoms with Crippen LogP contribution in [0.4, 0.5) is 18.9 Å². The van der Waals surface area contributed by atoms with Gasteiger partial charge in [0.1, 0.15) is 12.4 Å². The zero-order valence-corrected chi connectivity index (χ0v) is 15.9. The number of alkyl halides is 3. The zero-order valence-electron chi connectivity index (χ0n) is 15.1. The SMILES string of the molecule is COCCOc1ccc(C(F)(F)F)cc1NS(=O)(=O)c1ccc(C)c(C)c1. The topological polar surface area (TPSA) is 64.6 Å². The van der Waals surface area contributed by atoms with Crippen molar-refractivity contribution in [2.75, 3.05) is 25.0 Å². The van der Waals surface area contributed by atoms with Crippen molar-refractivity contribution in [3.8, 4) is 5.75 Å². The highest BCUT2D eigenvalue weighted by Crippen LogP contribution is 2.36. The van der Waals surface area contributed by atoms with Gasteiger partial charge < -0.3 is 9.47 Å². The number of hydrogen-bond acceptors (Lipinski definition) is 4. The summed E-state index contributed by atoms with van der Waals surface area (Å²) in [5, 5.41) is 0. The van der Waals surface area contributed by atoms with Gasteiger partial charge in [-0.25, -0.2) is 8.42 Å². The molecular formula is C18H20F3NO4S. The van der Waals surface area contributed by atoms with Gasteiger partial charge in [-0.15, -0.1) is 0 Å². The van der Waals surface area contributed by atoms with Crippen LogP contribution >= 0.6 is 0 Å². The molecule has 0 fully saturated rings. The number of nitrogens with one attached hydrogen (secondary N) is 1. The van der Waals surface area contributed by atoms with Gasteiger partial charge in [-0.2, -0.15) is 13.2 Å². The van der Waals surface area contributed by atoms with Crippen molar-refractivity contribution in [3.05, 3.63) is 53.1 Å². The van der Waals surface area contributed by atoms with Gasteiger partial charge in [-0.05, 0) is 55.3 Å². The molecule has 9 heteroatoms. The number of sulfonamides is 1. The number of ether oxygens (including phenoxy) is 2. The van der Waals surface area contributed by atoms with Gasteiger partial charge in [0.2, 0.25) is 0 Å². The second-order valence-electron chi connectivity index (χ2n) is 5.90. The van der Waals surface area contributed by atoms with Gasteiger partial charge in [0, 0.05) is 7.11 Å². The summed E-state index contributed by atoms with van der Waals surface area (Å²) in [4.78, 5) is -0.0501. The number of benzene rings is 2. The van der Waals surface area contributed by atoms with Crippen molar-refractivity contribution >= 4 is 15.7 Å². The first kappa shape index (κ1) is 21.0. The van der Waals surface area contributed by atoms with Crippen LogP contribution in [0.15, 0.2) is 41.3 Å². The zero-order chi connectivity index (χ0) is 20.2. The van der Waals surface area contributed by atoms with E-state index in [-0.39, 0.29) is 29.5 Å². The number of anilines is 1. The van der Waals surface area contributed by atoms with Gasteiger partial charge in [-0.3, -0.25) is 4.72 Å². The molecule has 0 aliphatic carbocycles. The lowest BCUT2D eigenvalue weighted by Crippen LogP contribution is -2.16. The van der Waals surface area contributed by atoms with E-state index in [2.05, 4.69) is 4.72 Å². The molecule has 0 spiro atoms. The monoisotopic (exact) mass is 403 g/mol. The minimum Gasteiger partial charge on any atom is -0.489 e. The van der Waals surface area contributed by atoms with Crippen molar-refractivity contribution in [2.24, 2.45) is 0 Å². The van der Waals surface area contributed by atoms with Crippen LogP contribution < -0.4 is 9.46 Å². The summed E-state index contributed by atoms with van der Waals surface area (Å²) >= 11 is 0. The third-order valence-electron chi connectivity index (χ3n) is 3.88. The Morgan fingerprint density at radius 3 is 2.30 bits per heavy atom. The molecule has 0 aliphatic rings. The molecule has 2 aromatic carbocycles. The summed E-state index contributed by atoms with van der Waals surface area (Å²) in [6, 6.07) is 7.10. The normalized spacial score (nSPS) is 12.1. The smallest absolute Gasteiger partial charge is 0.416 e. The Morgan fingerprint density at radius 1 is 1.00 bits per heavy atom. The fourth-order valence-electron chi connectivity index (χ4n) is 2.23. The molecule has 0 amide bonds. The number of hydrogen-bond donors (Lipinski definition) is 1. The Hall–Kier alpha value is -2.26. The van der Waals surface area contributed by atoms with Gasteiger partial charge in [0.05, 0.1) is 22.8 Å². The Labute approximate surface area is 156 Å². The Balaban J connectivity index is 2.42. The van der Waals surface area contributed by atoms with E-state index in [0.29, 0.717) is 6.07 Å². The lowest BCUT2D eigenvalue weighted by molar-refractivity contribution is -0.137. The van der Waals surface area contributed by atoms with Crippen LogP contribution in [0.5, 0.6) is 5.75 Å². The lowest BCUT2D eigenvalue weighted by atomic mass is 10.1. The summed E-state index contributed by atoms with van der Waals surface area (Å²) in [5.41, 5.74) is 0.369.